The maximum absolute atomic E-state index is 13.4. The van der Waals surface area contributed by atoms with Crippen LogP contribution in [0.25, 0.3) is 50.9 Å². The SMILES string of the molecule is CCOc1ccc(/C=C/c2nc3s/c(=C\c4cn(-c5ccccc5)nc4-c4ccc5ccccc5c4)c(=O)n3n2)cc1. The van der Waals surface area contributed by atoms with Crippen LogP contribution in [0.5, 0.6) is 5.75 Å². The van der Waals surface area contributed by atoms with Crippen molar-refractivity contribution in [2.24, 2.45) is 0 Å². The fourth-order valence-electron chi connectivity index (χ4n) is 4.84. The number of hydrogen-bond donors (Lipinski definition) is 0. The number of nitrogens with zero attached hydrogens (tertiary/aromatic N) is 5. The van der Waals surface area contributed by atoms with E-state index in [1.807, 2.05) is 96.7 Å². The Hall–Kier alpha value is -5.34. The molecule has 42 heavy (non-hydrogen) atoms. The third-order valence-electron chi connectivity index (χ3n) is 6.89. The quantitative estimate of drug-likeness (QED) is 0.227. The highest BCUT2D eigenvalue weighted by Crippen LogP contribution is 2.28. The van der Waals surface area contributed by atoms with Gasteiger partial charge in [-0.25, -0.2) is 4.68 Å². The van der Waals surface area contributed by atoms with Crippen LogP contribution in [0.4, 0.5) is 0 Å². The first-order chi connectivity index (χ1) is 20.6. The first-order valence-electron chi connectivity index (χ1n) is 13.6. The van der Waals surface area contributed by atoms with Crippen LogP contribution in [-0.2, 0) is 0 Å². The molecular formula is C34H25N5O2S. The molecule has 0 saturated heterocycles. The van der Waals surface area contributed by atoms with Crippen molar-refractivity contribution in [3.05, 3.63) is 135 Å². The molecule has 0 bridgehead atoms. The van der Waals surface area contributed by atoms with Gasteiger partial charge in [0.2, 0.25) is 4.96 Å². The number of para-hydroxylation sites is 1. The summed E-state index contributed by atoms with van der Waals surface area (Å²) in [7, 11) is 0. The Morgan fingerprint density at radius 3 is 2.43 bits per heavy atom. The molecule has 0 radical (unpaired) electrons. The molecule has 3 aromatic heterocycles. The molecule has 0 fully saturated rings. The number of rotatable bonds is 7. The molecule has 7 aromatic rings. The zero-order valence-corrected chi connectivity index (χ0v) is 23.5. The van der Waals surface area contributed by atoms with E-state index < -0.39 is 0 Å². The van der Waals surface area contributed by atoms with Gasteiger partial charge in [-0.05, 0) is 65.7 Å². The minimum Gasteiger partial charge on any atom is -0.494 e. The first-order valence-corrected chi connectivity index (χ1v) is 14.4. The summed E-state index contributed by atoms with van der Waals surface area (Å²) in [6.45, 7) is 2.58. The lowest BCUT2D eigenvalue weighted by Gasteiger charge is -2.03. The van der Waals surface area contributed by atoms with Gasteiger partial charge in [0.25, 0.3) is 5.56 Å². The average molecular weight is 568 g/mol. The Balaban J connectivity index is 1.26. The Morgan fingerprint density at radius 2 is 1.64 bits per heavy atom. The third kappa shape index (κ3) is 5.00. The van der Waals surface area contributed by atoms with Crippen LogP contribution < -0.4 is 14.8 Å². The minimum absolute atomic E-state index is 0.208. The van der Waals surface area contributed by atoms with Crippen molar-refractivity contribution < 1.29 is 4.74 Å². The van der Waals surface area contributed by atoms with Crippen LogP contribution in [0.1, 0.15) is 23.9 Å². The largest absolute Gasteiger partial charge is 0.494 e. The number of fused-ring (bicyclic) bond motifs is 2. The van der Waals surface area contributed by atoms with E-state index in [1.54, 1.807) is 6.08 Å². The monoisotopic (exact) mass is 567 g/mol. The fourth-order valence-corrected chi connectivity index (χ4v) is 5.75. The molecule has 0 atom stereocenters. The van der Waals surface area contributed by atoms with Crippen LogP contribution in [0, 0.1) is 0 Å². The molecule has 4 aromatic carbocycles. The lowest BCUT2D eigenvalue weighted by Crippen LogP contribution is -2.23. The summed E-state index contributed by atoms with van der Waals surface area (Å²) >= 11 is 1.31. The van der Waals surface area contributed by atoms with Gasteiger partial charge in [0.1, 0.15) is 11.4 Å². The second kappa shape index (κ2) is 10.9. The molecule has 0 amide bonds. The predicted octanol–water partition coefficient (Wildman–Crippen LogP) is 6.27. The van der Waals surface area contributed by atoms with Gasteiger partial charge in [0, 0.05) is 17.3 Å². The van der Waals surface area contributed by atoms with Crippen molar-refractivity contribution in [1.29, 1.82) is 0 Å². The van der Waals surface area contributed by atoms with Crippen molar-refractivity contribution in [1.82, 2.24) is 24.4 Å². The molecule has 0 unspecified atom stereocenters. The number of benzene rings is 4. The normalized spacial score (nSPS) is 12.2. The summed E-state index contributed by atoms with van der Waals surface area (Å²) in [6, 6.07) is 32.3. The zero-order valence-electron chi connectivity index (χ0n) is 22.7. The average Bonchev–Trinajstić information content (AvgIpc) is 3.72. The van der Waals surface area contributed by atoms with Gasteiger partial charge in [-0.3, -0.25) is 4.79 Å². The van der Waals surface area contributed by atoms with Gasteiger partial charge >= 0.3 is 0 Å². The number of aromatic nitrogens is 5. The van der Waals surface area contributed by atoms with E-state index in [1.165, 1.54) is 15.9 Å². The van der Waals surface area contributed by atoms with Crippen molar-refractivity contribution in [2.45, 2.75) is 6.92 Å². The molecule has 0 N–H and O–H groups in total. The molecule has 204 valence electrons. The molecule has 7 rings (SSSR count). The summed E-state index contributed by atoms with van der Waals surface area (Å²) < 4.78 is 9.26. The molecule has 8 heteroatoms. The Bertz CT molecular complexity index is 2180. The molecular weight excluding hydrogens is 542 g/mol. The Labute approximate surface area is 245 Å². The summed E-state index contributed by atoms with van der Waals surface area (Å²) in [6.07, 6.45) is 7.57. The summed E-state index contributed by atoms with van der Waals surface area (Å²) in [5.74, 6) is 1.31. The highest BCUT2D eigenvalue weighted by Gasteiger charge is 2.14. The standard InChI is InChI=1S/C34H25N5O2S/c1-2-41-29-17-12-23(13-18-29)14-19-31-35-34-39(36-31)33(40)30(42-34)21-27-22-38(28-10-4-3-5-11-28)37-32(27)26-16-15-24-8-6-7-9-25(24)20-26/h3-22H,2H2,1H3/b19-14+,30-21-. The molecule has 0 aliphatic rings. The van der Waals surface area contributed by atoms with Crippen molar-refractivity contribution in [2.75, 3.05) is 6.61 Å². The smallest absolute Gasteiger partial charge is 0.291 e. The van der Waals surface area contributed by atoms with Gasteiger partial charge in [-0.2, -0.15) is 14.6 Å². The zero-order chi connectivity index (χ0) is 28.5. The molecule has 7 nitrogen and oxygen atoms in total. The van der Waals surface area contributed by atoms with Gasteiger partial charge in [-0.15, -0.1) is 5.10 Å². The van der Waals surface area contributed by atoms with Gasteiger partial charge in [0.15, 0.2) is 5.82 Å². The van der Waals surface area contributed by atoms with E-state index in [2.05, 4.69) is 40.4 Å². The van der Waals surface area contributed by atoms with Crippen molar-refractivity contribution >= 4 is 45.3 Å². The van der Waals surface area contributed by atoms with Crippen LogP contribution in [0.2, 0.25) is 0 Å². The van der Waals surface area contributed by atoms with Crippen molar-refractivity contribution in [3.8, 4) is 22.7 Å². The third-order valence-corrected chi connectivity index (χ3v) is 7.85. The highest BCUT2D eigenvalue weighted by atomic mass is 32.1. The first kappa shape index (κ1) is 25.6. The second-order valence-corrected chi connectivity index (χ2v) is 10.7. The molecule has 0 aliphatic heterocycles. The Kier molecular flexibility index (Phi) is 6.65. The molecule has 3 heterocycles. The number of ether oxygens (including phenoxy) is 1. The lowest BCUT2D eigenvalue weighted by molar-refractivity contribution is 0.340. The molecule has 0 saturated carbocycles. The maximum atomic E-state index is 13.4. The predicted molar refractivity (Wildman–Crippen MR) is 169 cm³/mol. The second-order valence-electron chi connectivity index (χ2n) is 9.69. The summed E-state index contributed by atoms with van der Waals surface area (Å²) in [4.78, 5) is 18.5. The highest BCUT2D eigenvalue weighted by molar-refractivity contribution is 7.15. The van der Waals surface area contributed by atoms with Gasteiger partial charge in [-0.1, -0.05) is 84.1 Å². The van der Waals surface area contributed by atoms with E-state index >= 15 is 0 Å². The topological polar surface area (TPSA) is 74.3 Å². The van der Waals surface area contributed by atoms with Crippen molar-refractivity contribution in [3.63, 3.8) is 0 Å². The van der Waals surface area contributed by atoms with E-state index in [9.17, 15) is 4.79 Å². The minimum atomic E-state index is -0.208. The summed E-state index contributed by atoms with van der Waals surface area (Å²) in [5, 5.41) is 11.7. The van der Waals surface area contributed by atoms with Gasteiger partial charge < -0.3 is 4.74 Å². The van der Waals surface area contributed by atoms with E-state index in [4.69, 9.17) is 9.84 Å². The van der Waals surface area contributed by atoms with Crippen LogP contribution in [0.15, 0.2) is 108 Å². The maximum Gasteiger partial charge on any atom is 0.291 e. The Morgan fingerprint density at radius 1 is 0.857 bits per heavy atom. The number of thiazole rings is 1. The fraction of sp³-hybridized carbons (Fsp3) is 0.0588. The molecule has 0 aliphatic carbocycles. The van der Waals surface area contributed by atoms with E-state index in [-0.39, 0.29) is 5.56 Å². The van der Waals surface area contributed by atoms with Gasteiger partial charge in [0.05, 0.1) is 16.8 Å². The van der Waals surface area contributed by atoms with Crippen LogP contribution in [0.3, 0.4) is 0 Å². The lowest BCUT2D eigenvalue weighted by atomic mass is 10.0. The summed E-state index contributed by atoms with van der Waals surface area (Å²) in [5.41, 5.74) is 4.33. The van der Waals surface area contributed by atoms with E-state index in [0.717, 1.165) is 44.6 Å². The number of hydrogen-bond acceptors (Lipinski definition) is 6. The molecule has 0 spiro atoms. The van der Waals surface area contributed by atoms with Crippen LogP contribution in [-0.4, -0.2) is 31.0 Å². The van der Waals surface area contributed by atoms with Crippen LogP contribution >= 0.6 is 11.3 Å². The van der Waals surface area contributed by atoms with E-state index in [0.29, 0.717) is 21.9 Å².